The largest absolute Gasteiger partial charge is 0.354 e. The van der Waals surface area contributed by atoms with Crippen LogP contribution in [-0.4, -0.2) is 98.5 Å². The van der Waals surface area contributed by atoms with Crippen LogP contribution in [-0.2, 0) is 0 Å². The third-order valence-electron chi connectivity index (χ3n) is 9.00. The van der Waals surface area contributed by atoms with E-state index >= 15 is 0 Å². The highest BCUT2D eigenvalue weighted by Crippen LogP contribution is 2.40. The van der Waals surface area contributed by atoms with E-state index in [1.54, 1.807) is 17.7 Å². The first-order valence-corrected chi connectivity index (χ1v) is 15.5. The summed E-state index contributed by atoms with van der Waals surface area (Å²) in [7, 11) is 1.94. The number of fused-ring (bicyclic) bond motifs is 2. The zero-order valence-corrected chi connectivity index (χ0v) is 25.1. The van der Waals surface area contributed by atoms with Crippen LogP contribution in [0, 0.1) is 6.92 Å². The van der Waals surface area contributed by atoms with Crippen LogP contribution < -0.4 is 0 Å². The number of rotatable bonds is 7. The predicted molar refractivity (Wildman–Crippen MR) is 159 cm³/mol. The van der Waals surface area contributed by atoms with Gasteiger partial charge in [-0.25, -0.2) is 18.3 Å². The number of nitrogens with zero attached hydrogens (tertiary/aromatic N) is 6. The molecule has 0 spiro atoms. The highest BCUT2D eigenvalue weighted by molar-refractivity contribution is 7.21. The number of piperazine rings is 1. The van der Waals surface area contributed by atoms with Gasteiger partial charge in [-0.3, -0.25) is 14.6 Å². The molecule has 0 unspecified atom stereocenters. The van der Waals surface area contributed by atoms with E-state index in [4.69, 9.17) is 0 Å². The maximum atomic E-state index is 13.6. The second-order valence-electron chi connectivity index (χ2n) is 12.0. The lowest BCUT2D eigenvalue weighted by Crippen LogP contribution is -2.53. The zero-order valence-electron chi connectivity index (χ0n) is 24.2. The van der Waals surface area contributed by atoms with Crippen LogP contribution in [0.15, 0.2) is 24.7 Å². The van der Waals surface area contributed by atoms with Gasteiger partial charge in [0.15, 0.2) is 5.65 Å². The van der Waals surface area contributed by atoms with Gasteiger partial charge in [0.05, 0.1) is 27.3 Å². The number of carbonyl (C=O) groups excluding carboxylic acids is 1. The summed E-state index contributed by atoms with van der Waals surface area (Å²) < 4.78 is 28.4. The second kappa shape index (κ2) is 11.4. The van der Waals surface area contributed by atoms with Gasteiger partial charge in [0, 0.05) is 57.1 Å². The van der Waals surface area contributed by atoms with Crippen LogP contribution in [0.2, 0.25) is 0 Å². The average molecular weight is 584 g/mol. The van der Waals surface area contributed by atoms with Gasteiger partial charge in [0.25, 0.3) is 12.3 Å². The molecule has 1 amide bonds. The number of hydrogen-bond donors (Lipinski definition) is 1. The van der Waals surface area contributed by atoms with Crippen molar-refractivity contribution < 1.29 is 13.6 Å². The van der Waals surface area contributed by atoms with Crippen molar-refractivity contribution in [1.29, 1.82) is 0 Å². The first kappa shape index (κ1) is 28.2. The third kappa shape index (κ3) is 5.51. The van der Waals surface area contributed by atoms with Gasteiger partial charge >= 0.3 is 0 Å². The molecule has 1 saturated carbocycles. The van der Waals surface area contributed by atoms with E-state index in [-0.39, 0.29) is 24.4 Å². The minimum absolute atomic E-state index is 0.0831. The molecule has 6 rings (SSSR count). The standard InChI is InChI=1S/C30H39F2N7OS/c1-18(2)26-27(20-13-19(3)29-33-17-34-39(29)15-20)35-23-14-24(41-28(23)26)30(40)36(4)21-5-7-22(8-6-21)38-11-9-37(10-12-38)16-25(31)32/h13-15,17-18,21-22,25,35H,5-12,16H2,1-4H3. The van der Waals surface area contributed by atoms with Crippen molar-refractivity contribution in [2.24, 2.45) is 0 Å². The highest BCUT2D eigenvalue weighted by atomic mass is 32.1. The lowest BCUT2D eigenvalue weighted by atomic mass is 9.89. The monoisotopic (exact) mass is 583 g/mol. The molecule has 2 aliphatic rings. The van der Waals surface area contributed by atoms with E-state index in [0.29, 0.717) is 19.1 Å². The normalized spacial score (nSPS) is 21.1. The van der Waals surface area contributed by atoms with Crippen molar-refractivity contribution in [2.75, 3.05) is 39.8 Å². The molecule has 8 nitrogen and oxygen atoms in total. The Balaban J connectivity index is 1.14. The number of carbonyl (C=O) groups is 1. The molecule has 1 aliphatic carbocycles. The molecule has 1 N–H and O–H groups in total. The second-order valence-corrected chi connectivity index (χ2v) is 13.0. The average Bonchev–Trinajstić information content (AvgIpc) is 3.67. The Kier molecular flexibility index (Phi) is 7.86. The highest BCUT2D eigenvalue weighted by Gasteiger charge is 2.32. The topological polar surface area (TPSA) is 72.8 Å². The van der Waals surface area contributed by atoms with Crippen molar-refractivity contribution in [3.63, 3.8) is 0 Å². The van der Waals surface area contributed by atoms with E-state index in [2.05, 4.69) is 39.9 Å². The maximum Gasteiger partial charge on any atom is 0.264 e. The van der Waals surface area contributed by atoms with E-state index in [1.165, 1.54) is 5.56 Å². The summed E-state index contributed by atoms with van der Waals surface area (Å²) in [6.07, 6.45) is 5.34. The van der Waals surface area contributed by atoms with E-state index in [1.807, 2.05) is 40.5 Å². The Hall–Kier alpha value is -2.89. The number of alkyl halides is 2. The lowest BCUT2D eigenvalue weighted by molar-refractivity contribution is 0.0290. The molecule has 5 heterocycles. The predicted octanol–water partition coefficient (Wildman–Crippen LogP) is 5.64. The number of amides is 1. The number of H-pyrrole nitrogens is 1. The molecular weight excluding hydrogens is 544 g/mol. The number of aromatic nitrogens is 4. The van der Waals surface area contributed by atoms with Crippen LogP contribution in [0.4, 0.5) is 8.78 Å². The fourth-order valence-electron chi connectivity index (χ4n) is 6.77. The van der Waals surface area contributed by atoms with Gasteiger partial charge in [-0.2, -0.15) is 5.10 Å². The van der Waals surface area contributed by atoms with Crippen molar-refractivity contribution in [2.45, 2.75) is 70.9 Å². The summed E-state index contributed by atoms with van der Waals surface area (Å²) in [4.78, 5) is 28.7. The zero-order chi connectivity index (χ0) is 28.8. The molecule has 2 fully saturated rings. The van der Waals surface area contributed by atoms with E-state index in [9.17, 15) is 13.6 Å². The number of nitrogens with one attached hydrogen (secondary N) is 1. The van der Waals surface area contributed by atoms with E-state index < -0.39 is 6.43 Å². The first-order valence-electron chi connectivity index (χ1n) is 14.7. The SMILES string of the molecule is Cc1cc(-c2[nH]c3cc(C(=O)N(C)C4CCC(N5CCN(CC(F)F)CC5)CC4)sc3c2C(C)C)cn2ncnc12. The molecule has 0 aromatic carbocycles. The maximum absolute atomic E-state index is 13.6. The number of thiophene rings is 1. The van der Waals surface area contributed by atoms with Crippen LogP contribution >= 0.6 is 11.3 Å². The molecular formula is C30H39F2N7OS. The molecule has 4 aromatic rings. The van der Waals surface area contributed by atoms with Gasteiger partial charge in [-0.1, -0.05) is 13.8 Å². The third-order valence-corrected chi connectivity index (χ3v) is 10.2. The molecule has 11 heteroatoms. The van der Waals surface area contributed by atoms with Crippen molar-refractivity contribution in [3.05, 3.63) is 40.7 Å². The first-order chi connectivity index (χ1) is 19.7. The van der Waals surface area contributed by atoms with Crippen molar-refractivity contribution in [1.82, 2.24) is 34.3 Å². The Morgan fingerprint density at radius 1 is 1.15 bits per heavy atom. The quantitative estimate of drug-likeness (QED) is 0.305. The Morgan fingerprint density at radius 3 is 2.56 bits per heavy atom. The molecule has 41 heavy (non-hydrogen) atoms. The minimum atomic E-state index is -2.26. The lowest BCUT2D eigenvalue weighted by Gasteiger charge is -2.43. The summed E-state index contributed by atoms with van der Waals surface area (Å²) in [5.74, 6) is 0.358. The summed E-state index contributed by atoms with van der Waals surface area (Å²) in [6.45, 7) is 9.43. The number of halogens is 2. The minimum Gasteiger partial charge on any atom is -0.354 e. The van der Waals surface area contributed by atoms with Gasteiger partial charge in [-0.05, 0) is 61.8 Å². The van der Waals surface area contributed by atoms with Crippen LogP contribution in [0.1, 0.15) is 66.2 Å². The molecule has 0 bridgehead atoms. The fourth-order valence-corrected chi connectivity index (χ4v) is 8.07. The van der Waals surface area contributed by atoms with Crippen LogP contribution in [0.25, 0.3) is 27.1 Å². The smallest absolute Gasteiger partial charge is 0.264 e. The molecule has 220 valence electrons. The van der Waals surface area contributed by atoms with Crippen molar-refractivity contribution >= 4 is 33.1 Å². The molecule has 4 aromatic heterocycles. The van der Waals surface area contributed by atoms with Crippen LogP contribution in [0.5, 0.6) is 0 Å². The van der Waals surface area contributed by atoms with Gasteiger partial charge in [0.2, 0.25) is 0 Å². The molecule has 0 atom stereocenters. The van der Waals surface area contributed by atoms with Gasteiger partial charge in [-0.15, -0.1) is 11.3 Å². The number of pyridine rings is 1. The number of aromatic amines is 1. The number of aryl methyl sites for hydroxylation is 1. The van der Waals surface area contributed by atoms with Gasteiger partial charge < -0.3 is 9.88 Å². The fraction of sp³-hybridized carbons (Fsp3) is 0.567. The summed E-state index contributed by atoms with van der Waals surface area (Å²) >= 11 is 1.58. The molecule has 0 radical (unpaired) electrons. The summed E-state index contributed by atoms with van der Waals surface area (Å²) in [5.41, 5.74) is 6.27. The molecule has 1 aliphatic heterocycles. The van der Waals surface area contributed by atoms with E-state index in [0.717, 1.165) is 76.3 Å². The van der Waals surface area contributed by atoms with Crippen LogP contribution in [0.3, 0.4) is 0 Å². The summed E-state index contributed by atoms with van der Waals surface area (Å²) in [6, 6.07) is 4.86. The Labute approximate surface area is 243 Å². The summed E-state index contributed by atoms with van der Waals surface area (Å²) in [5, 5.41) is 4.34. The van der Waals surface area contributed by atoms with Crippen molar-refractivity contribution in [3.8, 4) is 11.3 Å². The Bertz CT molecular complexity index is 1530. The Morgan fingerprint density at radius 2 is 1.88 bits per heavy atom. The van der Waals surface area contributed by atoms with Gasteiger partial charge in [0.1, 0.15) is 6.33 Å². The number of hydrogen-bond acceptors (Lipinski definition) is 6. The molecule has 1 saturated heterocycles.